The van der Waals surface area contributed by atoms with Crippen molar-refractivity contribution in [3.63, 3.8) is 0 Å². The van der Waals surface area contributed by atoms with Crippen LogP contribution in [-0.2, 0) is 21.7 Å². The molecule has 0 fully saturated rings. The van der Waals surface area contributed by atoms with Gasteiger partial charge >= 0.3 is 0 Å². The van der Waals surface area contributed by atoms with Crippen LogP contribution in [0.25, 0.3) is 68.6 Å². The second-order valence-electron chi connectivity index (χ2n) is 20.4. The third kappa shape index (κ3) is 7.92. The Morgan fingerprint density at radius 3 is 1.45 bits per heavy atom. The molecular weight excluding hydrogens is 713 g/mol. The Morgan fingerprint density at radius 2 is 0.966 bits per heavy atom. The largest absolute Gasteiger partial charge is 0.389 e. The number of aromatic nitrogens is 4. The Bertz CT molecular complexity index is 2640. The highest BCUT2D eigenvalue weighted by atomic mass is 16.3. The molecule has 6 heteroatoms. The molecule has 2 aromatic carbocycles. The average Bonchev–Trinajstić information content (AvgIpc) is 3.93. The van der Waals surface area contributed by atoms with Crippen molar-refractivity contribution >= 4 is 52.2 Å². The molecule has 0 amide bonds. The van der Waals surface area contributed by atoms with E-state index >= 15 is 0 Å². The van der Waals surface area contributed by atoms with Crippen LogP contribution >= 0.6 is 0 Å². The predicted octanol–water partition coefficient (Wildman–Crippen LogP) is 13.4. The van der Waals surface area contributed by atoms with Crippen LogP contribution in [0, 0.1) is 0 Å². The molecule has 2 aliphatic heterocycles. The van der Waals surface area contributed by atoms with Gasteiger partial charge in [-0.3, -0.25) is 4.79 Å². The lowest BCUT2D eigenvalue weighted by molar-refractivity contribution is 0.101. The standard InChI is InChI=1S/C52H60N4O2/c1-29(57)38-28-45-48(32-23-35(51(9,10)11)26-36(24-32)52(12,13)14)43-20-18-40(55-43)46(30(2)58)39-17-19-42(54-39)47(41-16-15-37(53-41)27-44(38)56-45)31-21-33(49(3,4)5)25-34(22-31)50(6,7)8/h15-28,30,54,56,58H,1-14H3. The molecule has 5 heterocycles. The van der Waals surface area contributed by atoms with Crippen LogP contribution in [0.15, 0.2) is 60.7 Å². The van der Waals surface area contributed by atoms with E-state index in [1.807, 2.05) is 36.4 Å². The maximum absolute atomic E-state index is 13.4. The van der Waals surface area contributed by atoms with Crippen molar-refractivity contribution in [2.75, 3.05) is 0 Å². The summed E-state index contributed by atoms with van der Waals surface area (Å²) >= 11 is 0. The summed E-state index contributed by atoms with van der Waals surface area (Å²) in [5.74, 6) is -0.0444. The number of fused-ring (bicyclic) bond motifs is 8. The van der Waals surface area contributed by atoms with Gasteiger partial charge in [0.2, 0.25) is 0 Å². The summed E-state index contributed by atoms with van der Waals surface area (Å²) in [6.45, 7) is 30.3. The molecule has 0 saturated carbocycles. The number of Topliss-reactive ketones (excluding diaryl/α,β-unsaturated/α-hetero) is 1. The van der Waals surface area contributed by atoms with Crippen LogP contribution in [0.1, 0.15) is 164 Å². The van der Waals surface area contributed by atoms with Crippen molar-refractivity contribution in [1.82, 2.24) is 19.9 Å². The first-order chi connectivity index (χ1) is 26.9. The van der Waals surface area contributed by atoms with E-state index in [4.69, 9.17) is 9.97 Å². The summed E-state index contributed by atoms with van der Waals surface area (Å²) in [6.07, 6.45) is 7.28. The van der Waals surface area contributed by atoms with E-state index in [-0.39, 0.29) is 27.4 Å². The molecular formula is C52H60N4O2. The molecule has 7 rings (SSSR count). The third-order valence-electron chi connectivity index (χ3n) is 11.4. The molecule has 2 aliphatic rings. The lowest BCUT2D eigenvalue weighted by atomic mass is 9.78. The average molecular weight is 773 g/mol. The summed E-state index contributed by atoms with van der Waals surface area (Å²) in [7, 11) is 0. The number of carbonyl (C=O) groups excluding carboxylic acids is 1. The van der Waals surface area contributed by atoms with E-state index in [1.165, 1.54) is 22.3 Å². The summed E-state index contributed by atoms with van der Waals surface area (Å²) in [4.78, 5) is 31.4. The van der Waals surface area contributed by atoms with Crippen molar-refractivity contribution in [2.45, 2.75) is 125 Å². The fourth-order valence-corrected chi connectivity index (χ4v) is 7.84. The van der Waals surface area contributed by atoms with Crippen LogP contribution in [0.3, 0.4) is 0 Å². The molecule has 0 radical (unpaired) electrons. The molecule has 0 saturated heterocycles. The number of aromatic amines is 2. The van der Waals surface area contributed by atoms with Crippen LogP contribution < -0.4 is 0 Å². The predicted molar refractivity (Wildman–Crippen MR) is 245 cm³/mol. The highest BCUT2D eigenvalue weighted by molar-refractivity contribution is 6.05. The molecule has 300 valence electrons. The zero-order chi connectivity index (χ0) is 42.3. The summed E-state index contributed by atoms with van der Waals surface area (Å²) in [5.41, 5.74) is 15.8. The normalized spacial score (nSPS) is 14.0. The molecule has 3 aromatic heterocycles. The van der Waals surface area contributed by atoms with Gasteiger partial charge in [-0.25, -0.2) is 9.97 Å². The van der Waals surface area contributed by atoms with Gasteiger partial charge in [-0.1, -0.05) is 119 Å². The molecule has 1 atom stereocenters. The first-order valence-corrected chi connectivity index (χ1v) is 20.6. The Labute approximate surface area is 344 Å². The lowest BCUT2D eigenvalue weighted by Crippen LogP contribution is -2.16. The van der Waals surface area contributed by atoms with Crippen LogP contribution in [0.5, 0.6) is 0 Å². The minimum atomic E-state index is -0.826. The van der Waals surface area contributed by atoms with Crippen molar-refractivity contribution < 1.29 is 9.90 Å². The molecule has 5 aromatic rings. The number of hydrogen-bond donors (Lipinski definition) is 3. The third-order valence-corrected chi connectivity index (χ3v) is 11.4. The molecule has 3 N–H and O–H groups in total. The second-order valence-corrected chi connectivity index (χ2v) is 20.4. The van der Waals surface area contributed by atoms with Gasteiger partial charge < -0.3 is 15.1 Å². The molecule has 8 bridgehead atoms. The van der Waals surface area contributed by atoms with Gasteiger partial charge in [-0.15, -0.1) is 0 Å². The summed E-state index contributed by atoms with van der Waals surface area (Å²) in [5, 5.41) is 11.5. The molecule has 58 heavy (non-hydrogen) atoms. The highest BCUT2D eigenvalue weighted by Crippen LogP contribution is 2.40. The Balaban J connectivity index is 1.66. The number of rotatable bonds is 4. The van der Waals surface area contributed by atoms with Crippen molar-refractivity contribution in [2.24, 2.45) is 0 Å². The minimum absolute atomic E-state index is 0.0444. The summed E-state index contributed by atoms with van der Waals surface area (Å²) < 4.78 is 0. The molecule has 1 unspecified atom stereocenters. The van der Waals surface area contributed by atoms with E-state index in [0.717, 1.165) is 55.9 Å². The number of H-pyrrole nitrogens is 2. The van der Waals surface area contributed by atoms with Crippen LogP contribution in [-0.4, -0.2) is 30.8 Å². The zero-order valence-electron chi connectivity index (χ0n) is 36.9. The van der Waals surface area contributed by atoms with Gasteiger partial charge in [-0.2, -0.15) is 0 Å². The Hall–Kier alpha value is -5.33. The van der Waals surface area contributed by atoms with Gasteiger partial charge in [0, 0.05) is 38.8 Å². The van der Waals surface area contributed by atoms with Gasteiger partial charge in [0.25, 0.3) is 0 Å². The van der Waals surface area contributed by atoms with Gasteiger partial charge in [0.1, 0.15) is 0 Å². The number of aliphatic hydroxyl groups is 1. The van der Waals surface area contributed by atoms with Gasteiger partial charge in [0.05, 0.1) is 34.4 Å². The fourth-order valence-electron chi connectivity index (χ4n) is 7.84. The van der Waals surface area contributed by atoms with E-state index in [2.05, 4.69) is 142 Å². The van der Waals surface area contributed by atoms with Crippen LogP contribution in [0.4, 0.5) is 0 Å². The molecule has 6 nitrogen and oxygen atoms in total. The zero-order valence-corrected chi connectivity index (χ0v) is 36.9. The summed E-state index contributed by atoms with van der Waals surface area (Å²) in [6, 6.07) is 21.8. The number of ketones is 1. The topological polar surface area (TPSA) is 94.7 Å². The number of nitrogens with one attached hydrogen (secondary N) is 2. The van der Waals surface area contributed by atoms with E-state index in [0.29, 0.717) is 22.3 Å². The minimum Gasteiger partial charge on any atom is -0.389 e. The Kier molecular flexibility index (Phi) is 10.00. The van der Waals surface area contributed by atoms with E-state index < -0.39 is 6.10 Å². The lowest BCUT2D eigenvalue weighted by Gasteiger charge is -2.26. The maximum atomic E-state index is 13.4. The van der Waals surface area contributed by atoms with E-state index in [1.54, 1.807) is 13.8 Å². The number of nitrogens with zero attached hydrogens (tertiary/aromatic N) is 2. The quantitative estimate of drug-likeness (QED) is 0.155. The van der Waals surface area contributed by atoms with Gasteiger partial charge in [-0.05, 0) is 117 Å². The molecule has 0 aliphatic carbocycles. The first kappa shape index (κ1) is 40.9. The number of hydrogen-bond acceptors (Lipinski definition) is 4. The van der Waals surface area contributed by atoms with Crippen molar-refractivity contribution in [1.29, 1.82) is 0 Å². The smallest absolute Gasteiger partial charge is 0.161 e. The Morgan fingerprint density at radius 1 is 0.534 bits per heavy atom. The highest BCUT2D eigenvalue weighted by Gasteiger charge is 2.26. The van der Waals surface area contributed by atoms with E-state index in [9.17, 15) is 9.90 Å². The number of aliphatic hydroxyl groups excluding tert-OH is 1. The fraction of sp³-hybridized carbons (Fsp3) is 0.365. The van der Waals surface area contributed by atoms with Crippen molar-refractivity contribution in [3.05, 3.63) is 117 Å². The maximum Gasteiger partial charge on any atom is 0.161 e. The van der Waals surface area contributed by atoms with Crippen LogP contribution in [0.2, 0.25) is 0 Å². The molecule has 0 spiro atoms. The number of carbonyl (C=O) groups is 1. The first-order valence-electron chi connectivity index (χ1n) is 20.6. The second kappa shape index (κ2) is 14.2. The van der Waals surface area contributed by atoms with Gasteiger partial charge in [0.15, 0.2) is 5.78 Å². The monoisotopic (exact) mass is 772 g/mol. The SMILES string of the molecule is CC(=O)c1cc2[nH]c1cc1nc(c(-c3cc(C(C)(C)C)cc(C(C)(C)C)c3)c3ccc([nH]3)c(C(C)O)c3nc(c2-c2cc(C(C)(C)C)cc(C(C)(C)C)c2)C=C3)C=C1. The number of benzene rings is 2. The van der Waals surface area contributed by atoms with Crippen molar-refractivity contribution in [3.8, 4) is 22.3 Å².